The maximum absolute atomic E-state index is 12.7. The maximum atomic E-state index is 12.7. The first kappa shape index (κ1) is 22.8. The van der Waals surface area contributed by atoms with E-state index >= 15 is 0 Å². The number of hydrogen-bond acceptors (Lipinski definition) is 1. The van der Waals surface area contributed by atoms with Crippen molar-refractivity contribution in [2.24, 2.45) is 0 Å². The first-order chi connectivity index (χ1) is 16.2. The van der Waals surface area contributed by atoms with Gasteiger partial charge in [0.25, 0.3) is 0 Å². The highest BCUT2D eigenvalue weighted by Crippen LogP contribution is 2.15. The van der Waals surface area contributed by atoms with E-state index in [-0.39, 0.29) is 5.91 Å². The van der Waals surface area contributed by atoms with Crippen LogP contribution < -0.4 is 13.7 Å². The van der Waals surface area contributed by atoms with Gasteiger partial charge in [0.15, 0.2) is 24.8 Å². The second-order valence-corrected chi connectivity index (χ2v) is 8.84. The Morgan fingerprint density at radius 2 is 1.64 bits per heavy atom. The van der Waals surface area contributed by atoms with Crippen molar-refractivity contribution in [3.05, 3.63) is 91.6 Å². The van der Waals surface area contributed by atoms with Crippen LogP contribution in [0, 0.1) is 0 Å². The summed E-state index contributed by atoms with van der Waals surface area (Å²) in [6.45, 7) is 4.50. The Morgan fingerprint density at radius 1 is 0.909 bits per heavy atom. The highest BCUT2D eigenvalue weighted by molar-refractivity contribution is 5.67. The average molecular weight is 444 g/mol. The summed E-state index contributed by atoms with van der Waals surface area (Å²) in [5.41, 5.74) is 3.66. The molecular formula is C28H35N4O+3. The number of pyridine rings is 2. The number of aromatic nitrogens is 4. The van der Waals surface area contributed by atoms with Gasteiger partial charge in [-0.05, 0) is 29.5 Å². The quantitative estimate of drug-likeness (QED) is 0.323. The minimum Gasteiger partial charge on any atom is -0.233 e. The SMILES string of the molecule is CCCCCCC[n+]1ccc(-c2cc[n+](C(=O)Cn3cc[n+](CC4=CC=CC4)c3)cc2)cc1. The van der Waals surface area contributed by atoms with Crippen LogP contribution in [0.4, 0.5) is 0 Å². The predicted molar refractivity (Wildman–Crippen MR) is 128 cm³/mol. The van der Waals surface area contributed by atoms with E-state index in [1.807, 2.05) is 47.8 Å². The summed E-state index contributed by atoms with van der Waals surface area (Å²) < 4.78 is 7.97. The Labute approximate surface area is 197 Å². The lowest BCUT2D eigenvalue weighted by molar-refractivity contribution is -0.697. The van der Waals surface area contributed by atoms with Crippen molar-refractivity contribution in [1.29, 1.82) is 0 Å². The van der Waals surface area contributed by atoms with Crippen LogP contribution in [0.2, 0.25) is 0 Å². The highest BCUT2D eigenvalue weighted by atomic mass is 16.2. The summed E-state index contributed by atoms with van der Waals surface area (Å²) in [4.78, 5) is 12.7. The van der Waals surface area contributed by atoms with E-state index in [2.05, 4.69) is 58.8 Å². The molecule has 0 radical (unpaired) electrons. The molecule has 170 valence electrons. The third-order valence-corrected chi connectivity index (χ3v) is 6.16. The summed E-state index contributed by atoms with van der Waals surface area (Å²) in [5.74, 6) is 0.0417. The van der Waals surface area contributed by atoms with Crippen molar-refractivity contribution in [3.63, 3.8) is 0 Å². The number of carbonyl (C=O) groups is 1. The molecule has 1 aliphatic carbocycles. The number of nitrogens with zero attached hydrogens (tertiary/aromatic N) is 4. The second kappa shape index (κ2) is 11.5. The molecule has 0 amide bonds. The van der Waals surface area contributed by atoms with Gasteiger partial charge in [-0.2, -0.15) is 0 Å². The molecule has 3 heterocycles. The molecule has 5 nitrogen and oxygen atoms in total. The smallest absolute Gasteiger partial charge is 0.233 e. The first-order valence-corrected chi connectivity index (χ1v) is 12.1. The monoisotopic (exact) mass is 443 g/mol. The fourth-order valence-electron chi connectivity index (χ4n) is 4.19. The fourth-order valence-corrected chi connectivity index (χ4v) is 4.19. The minimum atomic E-state index is 0.0417. The topological polar surface area (TPSA) is 33.6 Å². The van der Waals surface area contributed by atoms with E-state index in [0.717, 1.165) is 25.1 Å². The van der Waals surface area contributed by atoms with Crippen LogP contribution in [0.1, 0.15) is 50.2 Å². The maximum Gasteiger partial charge on any atom is 0.433 e. The molecule has 4 rings (SSSR count). The van der Waals surface area contributed by atoms with Crippen molar-refractivity contribution in [3.8, 4) is 11.1 Å². The zero-order valence-corrected chi connectivity index (χ0v) is 19.6. The summed E-state index contributed by atoms with van der Waals surface area (Å²) in [5, 5.41) is 0. The van der Waals surface area contributed by atoms with Gasteiger partial charge in [-0.1, -0.05) is 44.4 Å². The first-order valence-electron chi connectivity index (χ1n) is 12.1. The van der Waals surface area contributed by atoms with Gasteiger partial charge in [-0.15, -0.1) is 4.57 Å². The third-order valence-electron chi connectivity index (χ3n) is 6.16. The average Bonchev–Trinajstić information content (AvgIpc) is 3.52. The number of hydrogen-bond donors (Lipinski definition) is 0. The molecule has 3 aromatic heterocycles. The van der Waals surface area contributed by atoms with E-state index in [1.54, 1.807) is 4.57 Å². The van der Waals surface area contributed by atoms with Crippen LogP contribution in [0.5, 0.6) is 0 Å². The van der Waals surface area contributed by atoms with Crippen molar-refractivity contribution < 1.29 is 18.5 Å². The predicted octanol–water partition coefficient (Wildman–Crippen LogP) is 4.21. The lowest BCUT2D eigenvalue weighted by atomic mass is 10.1. The van der Waals surface area contributed by atoms with Crippen molar-refractivity contribution in [2.75, 3.05) is 0 Å². The van der Waals surface area contributed by atoms with Gasteiger partial charge in [0.1, 0.15) is 25.5 Å². The molecule has 0 fully saturated rings. The number of allylic oxidation sites excluding steroid dienone is 4. The van der Waals surface area contributed by atoms with Crippen LogP contribution in [-0.4, -0.2) is 10.5 Å². The summed E-state index contributed by atoms with van der Waals surface area (Å²) in [7, 11) is 0. The Bertz CT molecular complexity index is 1110. The van der Waals surface area contributed by atoms with E-state index in [9.17, 15) is 4.79 Å². The molecule has 0 unspecified atom stereocenters. The third kappa shape index (κ3) is 6.58. The van der Waals surface area contributed by atoms with Gasteiger partial charge in [-0.25, -0.2) is 18.5 Å². The summed E-state index contributed by atoms with van der Waals surface area (Å²) in [6.07, 6.45) is 27.9. The van der Waals surface area contributed by atoms with Crippen LogP contribution >= 0.6 is 0 Å². The number of unbranched alkanes of at least 4 members (excludes halogenated alkanes) is 4. The van der Waals surface area contributed by atoms with Crippen LogP contribution in [0.25, 0.3) is 11.1 Å². The van der Waals surface area contributed by atoms with Crippen molar-refractivity contribution >= 4 is 5.91 Å². The molecule has 3 aromatic rings. The normalized spacial score (nSPS) is 12.8. The molecule has 0 atom stereocenters. The lowest BCUT2D eigenvalue weighted by Crippen LogP contribution is -2.44. The Balaban J connectivity index is 1.29. The Kier molecular flexibility index (Phi) is 7.96. The molecule has 0 bridgehead atoms. The van der Waals surface area contributed by atoms with Crippen LogP contribution in [0.15, 0.2) is 91.6 Å². The number of aryl methyl sites for hydroxylation is 1. The molecular weight excluding hydrogens is 408 g/mol. The number of imidazole rings is 1. The molecule has 0 saturated heterocycles. The van der Waals surface area contributed by atoms with E-state index in [4.69, 9.17) is 0 Å². The molecule has 0 N–H and O–H groups in total. The van der Waals surface area contributed by atoms with Gasteiger partial charge in [-0.3, -0.25) is 0 Å². The van der Waals surface area contributed by atoms with Gasteiger partial charge < -0.3 is 0 Å². The Hall–Kier alpha value is -3.34. The molecule has 1 aliphatic rings. The number of rotatable bonds is 11. The lowest BCUT2D eigenvalue weighted by Gasteiger charge is -2.01. The molecule has 33 heavy (non-hydrogen) atoms. The van der Waals surface area contributed by atoms with Gasteiger partial charge in [0, 0.05) is 30.7 Å². The summed E-state index contributed by atoms with van der Waals surface area (Å²) >= 11 is 0. The van der Waals surface area contributed by atoms with Crippen molar-refractivity contribution in [1.82, 2.24) is 4.57 Å². The van der Waals surface area contributed by atoms with Gasteiger partial charge in [0.2, 0.25) is 12.9 Å². The zero-order chi connectivity index (χ0) is 22.9. The van der Waals surface area contributed by atoms with Gasteiger partial charge >= 0.3 is 5.91 Å². The minimum absolute atomic E-state index is 0.0417. The second-order valence-electron chi connectivity index (χ2n) is 8.84. The fraction of sp³-hybridized carbons (Fsp3) is 0.357. The van der Waals surface area contributed by atoms with Crippen LogP contribution in [-0.2, 0) is 19.6 Å². The zero-order valence-electron chi connectivity index (χ0n) is 19.6. The standard InChI is InChI=1S/C28H35N4O/c1-2-3-4-5-8-15-29-16-11-26(12-17-29)27-13-18-32(19-14-27)28(33)23-31-21-20-30(24-31)22-25-9-6-7-10-25/h6-7,9,11-14,16-21,24H,2-5,8,10,15,22-23H2,1H3/q+3. The number of carbonyl (C=O) groups excluding carboxylic acids is 1. The van der Waals surface area contributed by atoms with E-state index in [0.29, 0.717) is 6.54 Å². The molecule has 0 spiro atoms. The molecule has 0 saturated carbocycles. The van der Waals surface area contributed by atoms with E-state index in [1.165, 1.54) is 43.2 Å². The van der Waals surface area contributed by atoms with Crippen molar-refractivity contribution in [2.45, 2.75) is 65.1 Å². The molecule has 0 aromatic carbocycles. The van der Waals surface area contributed by atoms with E-state index < -0.39 is 0 Å². The molecule has 5 heteroatoms. The highest BCUT2D eigenvalue weighted by Gasteiger charge is 2.19. The van der Waals surface area contributed by atoms with Gasteiger partial charge in [0.05, 0.1) is 0 Å². The largest absolute Gasteiger partial charge is 0.433 e. The Morgan fingerprint density at radius 3 is 2.33 bits per heavy atom. The molecule has 0 aliphatic heterocycles. The van der Waals surface area contributed by atoms with Crippen LogP contribution in [0.3, 0.4) is 0 Å². The summed E-state index contributed by atoms with van der Waals surface area (Å²) in [6, 6.07) is 8.33.